The molecule has 0 aromatic heterocycles. The molecule has 2 rings (SSSR count). The molecule has 2 aromatic carbocycles. The van der Waals surface area contributed by atoms with Crippen molar-refractivity contribution in [3.63, 3.8) is 0 Å². The van der Waals surface area contributed by atoms with Gasteiger partial charge in [-0.1, -0.05) is 29.8 Å². The summed E-state index contributed by atoms with van der Waals surface area (Å²) in [7, 11) is 0. The maximum absolute atomic E-state index is 14.3. The van der Waals surface area contributed by atoms with Gasteiger partial charge < -0.3 is 5.73 Å². The summed E-state index contributed by atoms with van der Waals surface area (Å²) < 4.78 is 14.3. The molecule has 0 saturated heterocycles. The minimum atomic E-state index is -0.910. The first-order valence-electron chi connectivity index (χ1n) is 6.14. The first kappa shape index (κ1) is 14.0. The molecule has 0 aliphatic rings. The second-order valence-electron chi connectivity index (χ2n) is 5.15. The Morgan fingerprint density at radius 3 is 2.42 bits per heavy atom. The monoisotopic (exact) mass is 277 g/mol. The van der Waals surface area contributed by atoms with E-state index in [4.69, 9.17) is 17.3 Å². The fraction of sp³-hybridized carbons (Fsp3) is 0.250. The van der Waals surface area contributed by atoms with Crippen LogP contribution in [0.25, 0.3) is 0 Å². The van der Waals surface area contributed by atoms with Crippen molar-refractivity contribution in [1.29, 1.82) is 0 Å². The number of hydrogen-bond donors (Lipinski definition) is 1. The molecule has 0 bridgehead atoms. The molecule has 1 atom stereocenters. The molecule has 0 aliphatic carbocycles. The summed E-state index contributed by atoms with van der Waals surface area (Å²) in [6.45, 7) is 5.55. The minimum Gasteiger partial charge on any atom is -0.318 e. The van der Waals surface area contributed by atoms with Crippen LogP contribution in [0.15, 0.2) is 36.4 Å². The maximum atomic E-state index is 14.3. The molecule has 1 nitrogen and oxygen atoms in total. The Labute approximate surface area is 118 Å². The minimum absolute atomic E-state index is 0.275. The van der Waals surface area contributed by atoms with Crippen LogP contribution in [0.1, 0.15) is 29.2 Å². The molecule has 19 heavy (non-hydrogen) atoms. The summed E-state index contributed by atoms with van der Waals surface area (Å²) in [4.78, 5) is 0. The molecule has 100 valence electrons. The third kappa shape index (κ3) is 2.65. The van der Waals surface area contributed by atoms with E-state index in [1.165, 1.54) is 6.07 Å². The van der Waals surface area contributed by atoms with Gasteiger partial charge in [0.25, 0.3) is 0 Å². The first-order chi connectivity index (χ1) is 8.82. The lowest BCUT2D eigenvalue weighted by molar-refractivity contribution is 0.526. The molecule has 1 unspecified atom stereocenters. The number of halogens is 2. The average molecular weight is 278 g/mol. The lowest BCUT2D eigenvalue weighted by Crippen LogP contribution is -2.36. The summed E-state index contributed by atoms with van der Waals surface area (Å²) in [6, 6.07) is 10.7. The summed E-state index contributed by atoms with van der Waals surface area (Å²) in [5.41, 5.74) is 8.52. The summed E-state index contributed by atoms with van der Waals surface area (Å²) in [5, 5.41) is 0.597. The van der Waals surface area contributed by atoms with Crippen LogP contribution in [0, 0.1) is 19.7 Å². The zero-order valence-electron chi connectivity index (χ0n) is 11.3. The SMILES string of the molecule is Cc1cc(C)c(C(C)(N)c2cccc(Cl)c2)c(F)c1. The van der Waals surface area contributed by atoms with Crippen molar-refractivity contribution in [3.05, 3.63) is 69.5 Å². The van der Waals surface area contributed by atoms with Crippen molar-refractivity contribution in [2.24, 2.45) is 5.73 Å². The Hall–Kier alpha value is -1.38. The zero-order chi connectivity index (χ0) is 14.2. The average Bonchev–Trinajstić information content (AvgIpc) is 2.26. The predicted octanol–water partition coefficient (Wildman–Crippen LogP) is 4.32. The second-order valence-corrected chi connectivity index (χ2v) is 5.59. The summed E-state index contributed by atoms with van der Waals surface area (Å²) in [5.74, 6) is -0.275. The Bertz CT molecular complexity index is 597. The molecule has 2 N–H and O–H groups in total. The third-order valence-corrected chi connectivity index (χ3v) is 3.61. The van der Waals surface area contributed by atoms with Gasteiger partial charge in [0.2, 0.25) is 0 Å². The maximum Gasteiger partial charge on any atom is 0.129 e. The van der Waals surface area contributed by atoms with E-state index in [-0.39, 0.29) is 5.82 Å². The molecule has 0 fully saturated rings. The highest BCUT2D eigenvalue weighted by atomic mass is 35.5. The van der Waals surface area contributed by atoms with Crippen LogP contribution in [0.5, 0.6) is 0 Å². The highest BCUT2D eigenvalue weighted by Gasteiger charge is 2.29. The van der Waals surface area contributed by atoms with Gasteiger partial charge in [0.1, 0.15) is 5.82 Å². The molecule has 0 saturated carbocycles. The van der Waals surface area contributed by atoms with Crippen molar-refractivity contribution >= 4 is 11.6 Å². The van der Waals surface area contributed by atoms with Crippen molar-refractivity contribution < 1.29 is 4.39 Å². The van der Waals surface area contributed by atoms with Gasteiger partial charge in [-0.2, -0.15) is 0 Å². The Morgan fingerprint density at radius 2 is 1.84 bits per heavy atom. The van der Waals surface area contributed by atoms with Gasteiger partial charge in [0, 0.05) is 10.6 Å². The summed E-state index contributed by atoms with van der Waals surface area (Å²) >= 11 is 5.99. The number of rotatable bonds is 2. The molecule has 2 aromatic rings. The fourth-order valence-electron chi connectivity index (χ4n) is 2.53. The lowest BCUT2D eigenvalue weighted by atomic mass is 9.82. The van der Waals surface area contributed by atoms with Crippen molar-refractivity contribution in [3.8, 4) is 0 Å². The zero-order valence-corrected chi connectivity index (χ0v) is 12.1. The number of hydrogen-bond acceptors (Lipinski definition) is 1. The van der Waals surface area contributed by atoms with Crippen LogP contribution >= 0.6 is 11.6 Å². The number of nitrogens with two attached hydrogens (primary N) is 1. The Kier molecular flexibility index (Phi) is 3.66. The number of aryl methyl sites for hydroxylation is 2. The number of benzene rings is 2. The molecular formula is C16H17ClFN. The van der Waals surface area contributed by atoms with E-state index in [0.717, 1.165) is 16.7 Å². The van der Waals surface area contributed by atoms with Crippen LogP contribution in [0.4, 0.5) is 4.39 Å². The van der Waals surface area contributed by atoms with E-state index < -0.39 is 5.54 Å². The van der Waals surface area contributed by atoms with E-state index in [9.17, 15) is 4.39 Å². The highest BCUT2D eigenvalue weighted by Crippen LogP contribution is 2.32. The van der Waals surface area contributed by atoms with Gasteiger partial charge >= 0.3 is 0 Å². The van der Waals surface area contributed by atoms with E-state index in [1.54, 1.807) is 19.1 Å². The molecule has 0 amide bonds. The van der Waals surface area contributed by atoms with Crippen molar-refractivity contribution in [1.82, 2.24) is 0 Å². The van der Waals surface area contributed by atoms with Crippen molar-refractivity contribution in [2.45, 2.75) is 26.3 Å². The Balaban J connectivity index is 2.63. The molecule has 0 heterocycles. The van der Waals surface area contributed by atoms with E-state index in [0.29, 0.717) is 10.6 Å². The van der Waals surface area contributed by atoms with E-state index in [2.05, 4.69) is 0 Å². The molecule has 0 radical (unpaired) electrons. The Morgan fingerprint density at radius 1 is 1.16 bits per heavy atom. The van der Waals surface area contributed by atoms with Crippen LogP contribution in [-0.4, -0.2) is 0 Å². The van der Waals surface area contributed by atoms with Gasteiger partial charge in [0.05, 0.1) is 5.54 Å². The molecule has 3 heteroatoms. The van der Waals surface area contributed by atoms with Gasteiger partial charge in [0.15, 0.2) is 0 Å². The molecule has 0 spiro atoms. The normalized spacial score (nSPS) is 14.2. The van der Waals surface area contributed by atoms with Crippen LogP contribution < -0.4 is 5.73 Å². The van der Waals surface area contributed by atoms with Gasteiger partial charge in [-0.25, -0.2) is 4.39 Å². The van der Waals surface area contributed by atoms with Gasteiger partial charge in [-0.15, -0.1) is 0 Å². The smallest absolute Gasteiger partial charge is 0.129 e. The van der Waals surface area contributed by atoms with Gasteiger partial charge in [-0.3, -0.25) is 0 Å². The van der Waals surface area contributed by atoms with Crippen molar-refractivity contribution in [2.75, 3.05) is 0 Å². The first-order valence-corrected chi connectivity index (χ1v) is 6.52. The second kappa shape index (κ2) is 4.95. The largest absolute Gasteiger partial charge is 0.318 e. The van der Waals surface area contributed by atoms with E-state index in [1.807, 2.05) is 32.0 Å². The fourth-order valence-corrected chi connectivity index (χ4v) is 2.72. The van der Waals surface area contributed by atoms with Crippen LogP contribution in [0.3, 0.4) is 0 Å². The van der Waals surface area contributed by atoms with Gasteiger partial charge in [-0.05, 0) is 55.7 Å². The highest BCUT2D eigenvalue weighted by molar-refractivity contribution is 6.30. The predicted molar refractivity (Wildman–Crippen MR) is 78.0 cm³/mol. The van der Waals surface area contributed by atoms with Crippen LogP contribution in [0.2, 0.25) is 5.02 Å². The quantitative estimate of drug-likeness (QED) is 0.869. The summed E-state index contributed by atoms with van der Waals surface area (Å²) in [6.07, 6.45) is 0. The lowest BCUT2D eigenvalue weighted by Gasteiger charge is -2.28. The molecule has 0 aliphatic heterocycles. The topological polar surface area (TPSA) is 26.0 Å². The standard InChI is InChI=1S/C16H17ClFN/c1-10-7-11(2)15(14(18)8-10)16(3,19)12-5-4-6-13(17)9-12/h4-9H,19H2,1-3H3. The third-order valence-electron chi connectivity index (χ3n) is 3.38. The van der Waals surface area contributed by atoms with Crippen LogP contribution in [-0.2, 0) is 5.54 Å². The van der Waals surface area contributed by atoms with E-state index >= 15 is 0 Å². The molecular weight excluding hydrogens is 261 g/mol.